The van der Waals surface area contributed by atoms with Crippen molar-refractivity contribution >= 4 is 11.8 Å². The molecule has 114 valence electrons. The molecule has 2 rings (SSSR count). The Hall–Kier alpha value is -2.11. The Balaban J connectivity index is 2.12. The molecule has 1 aromatic carbocycles. The molecule has 0 spiro atoms. The molecule has 0 bridgehead atoms. The van der Waals surface area contributed by atoms with Crippen LogP contribution < -0.4 is 10.1 Å². The van der Waals surface area contributed by atoms with Gasteiger partial charge in [0.25, 0.3) is 5.91 Å². The zero-order chi connectivity index (χ0) is 15.6. The molecule has 21 heavy (non-hydrogen) atoms. The van der Waals surface area contributed by atoms with Crippen LogP contribution in [0.5, 0.6) is 5.75 Å². The van der Waals surface area contributed by atoms with Gasteiger partial charge in [-0.2, -0.15) is 0 Å². The Bertz CT molecular complexity index is 560. The van der Waals surface area contributed by atoms with Crippen molar-refractivity contribution in [1.29, 1.82) is 0 Å². The van der Waals surface area contributed by atoms with Gasteiger partial charge < -0.3 is 15.0 Å². The second-order valence-corrected chi connectivity index (χ2v) is 5.50. The first-order valence-corrected chi connectivity index (χ1v) is 6.85. The molecule has 2 amide bonds. The molecule has 1 saturated heterocycles. The molecule has 1 aliphatic heterocycles. The fourth-order valence-electron chi connectivity index (χ4n) is 2.29. The van der Waals surface area contributed by atoms with Gasteiger partial charge in [-0.1, -0.05) is 12.1 Å². The van der Waals surface area contributed by atoms with Crippen LogP contribution in [0.3, 0.4) is 0 Å². The van der Waals surface area contributed by atoms with Gasteiger partial charge >= 0.3 is 0 Å². The molecule has 6 heteroatoms. The van der Waals surface area contributed by atoms with Gasteiger partial charge in [-0.25, -0.2) is 4.39 Å². The molecule has 1 aromatic rings. The monoisotopic (exact) mass is 294 g/mol. The van der Waals surface area contributed by atoms with Crippen molar-refractivity contribution in [2.75, 3.05) is 13.1 Å². The fourth-order valence-corrected chi connectivity index (χ4v) is 2.29. The van der Waals surface area contributed by atoms with Crippen molar-refractivity contribution in [1.82, 2.24) is 10.2 Å². The largest absolute Gasteiger partial charge is 0.478 e. The molecule has 0 radical (unpaired) electrons. The minimum absolute atomic E-state index is 0.0256. The average Bonchev–Trinajstić information content (AvgIpc) is 2.43. The number of hydrogen-bond donors (Lipinski definition) is 1. The summed E-state index contributed by atoms with van der Waals surface area (Å²) in [6.07, 6.45) is -0.868. The van der Waals surface area contributed by atoms with Crippen LogP contribution in [0.1, 0.15) is 20.8 Å². The molecule has 1 aliphatic rings. The van der Waals surface area contributed by atoms with Crippen LogP contribution in [-0.2, 0) is 9.59 Å². The van der Waals surface area contributed by atoms with Crippen LogP contribution >= 0.6 is 0 Å². The molecule has 0 aliphatic carbocycles. The van der Waals surface area contributed by atoms with Crippen LogP contribution in [0.15, 0.2) is 24.3 Å². The zero-order valence-corrected chi connectivity index (χ0v) is 12.4. The maximum Gasteiger partial charge on any atom is 0.264 e. The molecule has 0 aromatic heterocycles. The van der Waals surface area contributed by atoms with Gasteiger partial charge in [-0.3, -0.25) is 9.59 Å². The SMILES string of the molecule is CC(Oc1ccccc1F)C(=O)N1CCNC(=O)C1(C)C. The van der Waals surface area contributed by atoms with Crippen LogP contribution in [-0.4, -0.2) is 41.4 Å². The highest BCUT2D eigenvalue weighted by Gasteiger charge is 2.42. The number of carbonyl (C=O) groups excluding carboxylic acids is 2. The number of nitrogens with one attached hydrogen (secondary N) is 1. The van der Waals surface area contributed by atoms with E-state index < -0.39 is 17.5 Å². The van der Waals surface area contributed by atoms with Crippen molar-refractivity contribution in [2.45, 2.75) is 32.4 Å². The molecule has 1 fully saturated rings. The highest BCUT2D eigenvalue weighted by molar-refractivity contribution is 5.93. The van der Waals surface area contributed by atoms with Crippen LogP contribution in [0.2, 0.25) is 0 Å². The molecule has 0 saturated carbocycles. The highest BCUT2D eigenvalue weighted by Crippen LogP contribution is 2.22. The number of halogens is 1. The van der Waals surface area contributed by atoms with E-state index in [9.17, 15) is 14.0 Å². The highest BCUT2D eigenvalue weighted by atomic mass is 19.1. The van der Waals surface area contributed by atoms with E-state index in [1.807, 2.05) is 0 Å². The van der Waals surface area contributed by atoms with Crippen molar-refractivity contribution in [3.63, 3.8) is 0 Å². The van der Waals surface area contributed by atoms with Crippen molar-refractivity contribution in [3.05, 3.63) is 30.1 Å². The van der Waals surface area contributed by atoms with E-state index >= 15 is 0 Å². The Morgan fingerprint density at radius 1 is 1.43 bits per heavy atom. The quantitative estimate of drug-likeness (QED) is 0.915. The van der Waals surface area contributed by atoms with E-state index in [1.54, 1.807) is 32.9 Å². The summed E-state index contributed by atoms with van der Waals surface area (Å²) >= 11 is 0. The van der Waals surface area contributed by atoms with Gasteiger partial charge in [0, 0.05) is 13.1 Å². The zero-order valence-electron chi connectivity index (χ0n) is 12.4. The smallest absolute Gasteiger partial charge is 0.264 e. The van der Waals surface area contributed by atoms with E-state index in [-0.39, 0.29) is 17.6 Å². The molecule has 5 nitrogen and oxygen atoms in total. The van der Waals surface area contributed by atoms with Crippen molar-refractivity contribution in [3.8, 4) is 5.75 Å². The number of amides is 2. The average molecular weight is 294 g/mol. The van der Waals surface area contributed by atoms with E-state index in [2.05, 4.69) is 5.32 Å². The maximum absolute atomic E-state index is 13.6. The third-order valence-electron chi connectivity index (χ3n) is 3.61. The van der Waals surface area contributed by atoms with Crippen molar-refractivity contribution in [2.24, 2.45) is 0 Å². The summed E-state index contributed by atoms with van der Waals surface area (Å²) in [7, 11) is 0. The number of para-hydroxylation sites is 1. The second kappa shape index (κ2) is 5.71. The Morgan fingerprint density at radius 2 is 2.10 bits per heavy atom. The first-order valence-electron chi connectivity index (χ1n) is 6.85. The summed E-state index contributed by atoms with van der Waals surface area (Å²) in [6.45, 7) is 5.71. The lowest BCUT2D eigenvalue weighted by atomic mass is 9.98. The summed E-state index contributed by atoms with van der Waals surface area (Å²) in [4.78, 5) is 25.8. The maximum atomic E-state index is 13.6. The number of hydrogen-bond acceptors (Lipinski definition) is 3. The Kier molecular flexibility index (Phi) is 4.16. The minimum atomic E-state index is -0.942. The van der Waals surface area contributed by atoms with Gasteiger partial charge in [-0.05, 0) is 32.9 Å². The van der Waals surface area contributed by atoms with Crippen LogP contribution in [0.4, 0.5) is 4.39 Å². The molecule has 1 N–H and O–H groups in total. The first-order chi connectivity index (χ1) is 9.84. The summed E-state index contributed by atoms with van der Waals surface area (Å²) in [5.41, 5.74) is -0.942. The van der Waals surface area contributed by atoms with Gasteiger partial charge in [0.1, 0.15) is 5.54 Å². The molecule has 1 heterocycles. The molecular formula is C15H19FN2O3. The number of ether oxygens (including phenoxy) is 1. The normalized spacial score (nSPS) is 18.9. The summed E-state index contributed by atoms with van der Waals surface area (Å²) in [6, 6.07) is 5.92. The van der Waals surface area contributed by atoms with Gasteiger partial charge in [-0.15, -0.1) is 0 Å². The summed E-state index contributed by atoms with van der Waals surface area (Å²) in [5.74, 6) is -1.04. The predicted molar refractivity (Wildman–Crippen MR) is 75.3 cm³/mol. The van der Waals surface area contributed by atoms with Crippen molar-refractivity contribution < 1.29 is 18.7 Å². The number of rotatable bonds is 3. The molecular weight excluding hydrogens is 275 g/mol. The summed E-state index contributed by atoms with van der Waals surface area (Å²) in [5, 5.41) is 2.72. The molecule has 1 unspecified atom stereocenters. The number of carbonyl (C=O) groups is 2. The standard InChI is InChI=1S/C15H19FN2O3/c1-10(21-12-7-5-4-6-11(12)16)13(19)18-9-8-17-14(20)15(18,2)3/h4-7,10H,8-9H2,1-3H3,(H,17,20). The van der Waals surface area contributed by atoms with Gasteiger partial charge in [0.15, 0.2) is 17.7 Å². The van der Waals surface area contributed by atoms with E-state index in [0.717, 1.165) is 0 Å². The van der Waals surface area contributed by atoms with Gasteiger partial charge in [0.05, 0.1) is 0 Å². The predicted octanol–water partition coefficient (Wildman–Crippen LogP) is 1.33. The number of benzene rings is 1. The topological polar surface area (TPSA) is 58.6 Å². The fraction of sp³-hybridized carbons (Fsp3) is 0.467. The lowest BCUT2D eigenvalue weighted by Gasteiger charge is -2.42. The lowest BCUT2D eigenvalue weighted by molar-refractivity contribution is -0.153. The van der Waals surface area contributed by atoms with Gasteiger partial charge in [0.2, 0.25) is 5.91 Å². The minimum Gasteiger partial charge on any atom is -0.478 e. The van der Waals surface area contributed by atoms with Crippen LogP contribution in [0.25, 0.3) is 0 Å². The second-order valence-electron chi connectivity index (χ2n) is 5.50. The molecule has 1 atom stereocenters. The lowest BCUT2D eigenvalue weighted by Crippen LogP contribution is -2.65. The van der Waals surface area contributed by atoms with Crippen LogP contribution in [0, 0.1) is 5.82 Å². The third kappa shape index (κ3) is 2.99. The number of piperazine rings is 1. The van der Waals surface area contributed by atoms with E-state index in [1.165, 1.54) is 17.0 Å². The van der Waals surface area contributed by atoms with E-state index in [0.29, 0.717) is 13.1 Å². The number of nitrogens with zero attached hydrogens (tertiary/aromatic N) is 1. The van der Waals surface area contributed by atoms with E-state index in [4.69, 9.17) is 4.74 Å². The Labute approximate surface area is 123 Å². The third-order valence-corrected chi connectivity index (χ3v) is 3.61. The Morgan fingerprint density at radius 3 is 2.76 bits per heavy atom. The first kappa shape index (κ1) is 15.3. The summed E-state index contributed by atoms with van der Waals surface area (Å²) < 4.78 is 18.9.